The number of likely N-dealkylation sites (tertiary alicyclic amines) is 1. The van der Waals surface area contributed by atoms with Gasteiger partial charge >= 0.3 is 5.97 Å². The Kier molecular flexibility index (Phi) is 7.08. The molecule has 1 heterocycles. The van der Waals surface area contributed by atoms with Crippen molar-refractivity contribution in [2.24, 2.45) is 0 Å². The maximum atomic E-state index is 12.4. The van der Waals surface area contributed by atoms with Crippen LogP contribution in [0.3, 0.4) is 0 Å². The number of aliphatic carboxylic acids is 1. The first-order valence-electron chi connectivity index (χ1n) is 8.13. The number of benzene rings is 1. The van der Waals surface area contributed by atoms with Gasteiger partial charge in [-0.2, -0.15) is 0 Å². The predicted octanol–water partition coefficient (Wildman–Crippen LogP) is 2.97. The molecule has 2 amide bonds. The van der Waals surface area contributed by atoms with Crippen LogP contribution in [0, 0.1) is 0 Å². The van der Waals surface area contributed by atoms with Gasteiger partial charge in [-0.05, 0) is 43.9 Å². The lowest BCUT2D eigenvalue weighted by Crippen LogP contribution is -2.48. The van der Waals surface area contributed by atoms with Gasteiger partial charge in [0.2, 0.25) is 5.91 Å². The molecule has 1 saturated heterocycles. The molecule has 0 spiro atoms. The van der Waals surface area contributed by atoms with Crippen LogP contribution in [-0.4, -0.2) is 46.9 Å². The number of nitrogens with zero attached hydrogens (tertiary/aromatic N) is 1. The van der Waals surface area contributed by atoms with Gasteiger partial charge in [0.15, 0.2) is 0 Å². The Labute approximate surface area is 156 Å². The van der Waals surface area contributed by atoms with Crippen molar-refractivity contribution in [2.45, 2.75) is 38.1 Å². The van der Waals surface area contributed by atoms with Gasteiger partial charge in [0, 0.05) is 24.6 Å². The molecule has 2 N–H and O–H groups in total. The first-order chi connectivity index (χ1) is 11.9. The number of hydrogen-bond acceptors (Lipinski definition) is 3. The highest BCUT2D eigenvalue weighted by Crippen LogP contribution is 2.23. The summed E-state index contributed by atoms with van der Waals surface area (Å²) in [7, 11) is 0. The standard InChI is InChI=1S/C17H20Cl2N2O4/c18-13-6-4-11(9-14(13)19)17(25)20-10-15(22)21-8-2-1-3-12(21)5-7-16(23)24/h4,6,9,12H,1-3,5,7-8,10H2,(H,20,25)(H,23,24). The van der Waals surface area contributed by atoms with Crippen molar-refractivity contribution < 1.29 is 19.5 Å². The molecule has 2 rings (SSSR count). The first kappa shape index (κ1) is 19.5. The quantitative estimate of drug-likeness (QED) is 0.786. The number of hydrogen-bond donors (Lipinski definition) is 2. The van der Waals surface area contributed by atoms with E-state index in [-0.39, 0.29) is 29.9 Å². The van der Waals surface area contributed by atoms with Crippen LogP contribution in [0.25, 0.3) is 0 Å². The Morgan fingerprint density at radius 3 is 2.64 bits per heavy atom. The zero-order valence-corrected chi connectivity index (χ0v) is 15.1. The van der Waals surface area contributed by atoms with Gasteiger partial charge in [-0.15, -0.1) is 0 Å². The summed E-state index contributed by atoms with van der Waals surface area (Å²) in [4.78, 5) is 37.0. The Morgan fingerprint density at radius 2 is 1.96 bits per heavy atom. The van der Waals surface area contributed by atoms with Gasteiger partial charge in [-0.25, -0.2) is 0 Å². The van der Waals surface area contributed by atoms with Crippen LogP contribution in [0.15, 0.2) is 18.2 Å². The van der Waals surface area contributed by atoms with Crippen LogP contribution >= 0.6 is 23.2 Å². The minimum absolute atomic E-state index is 0.0318. The predicted molar refractivity (Wildman–Crippen MR) is 95.0 cm³/mol. The Hall–Kier alpha value is -1.79. The lowest BCUT2D eigenvalue weighted by Gasteiger charge is -2.35. The van der Waals surface area contributed by atoms with Gasteiger partial charge in [0.25, 0.3) is 5.91 Å². The molecule has 1 aromatic rings. The monoisotopic (exact) mass is 386 g/mol. The van der Waals surface area contributed by atoms with Gasteiger partial charge in [0.1, 0.15) is 0 Å². The van der Waals surface area contributed by atoms with Gasteiger partial charge < -0.3 is 15.3 Å². The van der Waals surface area contributed by atoms with E-state index in [0.717, 1.165) is 19.3 Å². The number of carboxylic acids is 1. The topological polar surface area (TPSA) is 86.7 Å². The number of halogens is 2. The van der Waals surface area contributed by atoms with Gasteiger partial charge in [0.05, 0.1) is 16.6 Å². The normalized spacial score (nSPS) is 17.2. The van der Waals surface area contributed by atoms with Crippen molar-refractivity contribution in [2.75, 3.05) is 13.1 Å². The van der Waals surface area contributed by atoms with Crippen molar-refractivity contribution >= 4 is 41.0 Å². The minimum Gasteiger partial charge on any atom is -0.481 e. The van der Waals surface area contributed by atoms with E-state index in [1.54, 1.807) is 4.90 Å². The molecule has 136 valence electrons. The summed E-state index contributed by atoms with van der Waals surface area (Å²) in [5, 5.41) is 12.0. The maximum absolute atomic E-state index is 12.4. The molecule has 1 aliphatic heterocycles. The number of rotatable bonds is 6. The molecule has 1 fully saturated rings. The fourth-order valence-corrected chi connectivity index (χ4v) is 3.21. The third kappa shape index (κ3) is 5.61. The molecule has 25 heavy (non-hydrogen) atoms. The van der Waals surface area contributed by atoms with E-state index in [0.29, 0.717) is 23.6 Å². The summed E-state index contributed by atoms with van der Waals surface area (Å²) in [6, 6.07) is 4.41. The fraction of sp³-hybridized carbons (Fsp3) is 0.471. The zero-order valence-electron chi connectivity index (χ0n) is 13.6. The van der Waals surface area contributed by atoms with Crippen LogP contribution in [0.1, 0.15) is 42.5 Å². The number of carbonyl (C=O) groups excluding carboxylic acids is 2. The molecular weight excluding hydrogens is 367 g/mol. The highest BCUT2D eigenvalue weighted by atomic mass is 35.5. The van der Waals surface area contributed by atoms with Crippen LogP contribution < -0.4 is 5.32 Å². The average molecular weight is 387 g/mol. The highest BCUT2D eigenvalue weighted by Gasteiger charge is 2.27. The van der Waals surface area contributed by atoms with Crippen LogP contribution in [0.2, 0.25) is 10.0 Å². The number of carbonyl (C=O) groups is 3. The van der Waals surface area contributed by atoms with Crippen molar-refractivity contribution in [1.29, 1.82) is 0 Å². The summed E-state index contributed by atoms with van der Waals surface area (Å²) in [6.45, 7) is 0.453. The van der Waals surface area contributed by atoms with E-state index < -0.39 is 11.9 Å². The van der Waals surface area contributed by atoms with Crippen molar-refractivity contribution in [3.63, 3.8) is 0 Å². The molecule has 0 radical (unpaired) electrons. The molecule has 0 saturated carbocycles. The zero-order chi connectivity index (χ0) is 18.4. The van der Waals surface area contributed by atoms with E-state index >= 15 is 0 Å². The largest absolute Gasteiger partial charge is 0.481 e. The number of nitrogens with one attached hydrogen (secondary N) is 1. The molecule has 1 aromatic carbocycles. The Balaban J connectivity index is 1.91. The second kappa shape index (κ2) is 9.06. The number of amides is 2. The first-order valence-corrected chi connectivity index (χ1v) is 8.88. The Morgan fingerprint density at radius 1 is 1.20 bits per heavy atom. The van der Waals surface area contributed by atoms with Crippen molar-refractivity contribution in [1.82, 2.24) is 10.2 Å². The molecule has 0 aliphatic carbocycles. The van der Waals surface area contributed by atoms with Crippen LogP contribution in [0.4, 0.5) is 0 Å². The smallest absolute Gasteiger partial charge is 0.303 e. The van der Waals surface area contributed by atoms with Gasteiger partial charge in [-0.1, -0.05) is 23.2 Å². The summed E-state index contributed by atoms with van der Waals surface area (Å²) >= 11 is 11.7. The highest BCUT2D eigenvalue weighted by molar-refractivity contribution is 6.42. The molecule has 0 bridgehead atoms. The lowest BCUT2D eigenvalue weighted by molar-refractivity contribution is -0.139. The van der Waals surface area contributed by atoms with Crippen molar-refractivity contribution in [3.05, 3.63) is 33.8 Å². The second-order valence-corrected chi connectivity index (χ2v) is 6.80. The van der Waals surface area contributed by atoms with Crippen LogP contribution in [-0.2, 0) is 9.59 Å². The maximum Gasteiger partial charge on any atom is 0.303 e. The summed E-state index contributed by atoms with van der Waals surface area (Å²) in [5.74, 6) is -1.49. The van der Waals surface area contributed by atoms with E-state index in [1.165, 1.54) is 18.2 Å². The SMILES string of the molecule is O=C(O)CCC1CCCCN1C(=O)CNC(=O)c1ccc(Cl)c(Cl)c1. The fourth-order valence-electron chi connectivity index (χ4n) is 2.92. The molecule has 1 atom stereocenters. The van der Waals surface area contributed by atoms with Crippen LogP contribution in [0.5, 0.6) is 0 Å². The molecule has 8 heteroatoms. The third-order valence-corrected chi connectivity index (χ3v) is 4.96. The average Bonchev–Trinajstić information content (AvgIpc) is 2.60. The van der Waals surface area contributed by atoms with Gasteiger partial charge in [-0.3, -0.25) is 14.4 Å². The number of carboxylic acid groups (broad SMARTS) is 1. The van der Waals surface area contributed by atoms with E-state index in [1.807, 2.05) is 0 Å². The summed E-state index contributed by atoms with van der Waals surface area (Å²) in [6.07, 6.45) is 3.12. The van der Waals surface area contributed by atoms with E-state index in [4.69, 9.17) is 28.3 Å². The molecule has 1 aliphatic rings. The second-order valence-electron chi connectivity index (χ2n) is 5.98. The van der Waals surface area contributed by atoms with E-state index in [9.17, 15) is 14.4 Å². The third-order valence-electron chi connectivity index (χ3n) is 4.22. The summed E-state index contributed by atoms with van der Waals surface area (Å²) in [5.41, 5.74) is 0.322. The number of piperidine rings is 1. The molecular formula is C17H20Cl2N2O4. The molecule has 6 nitrogen and oxygen atoms in total. The lowest BCUT2D eigenvalue weighted by atomic mass is 9.98. The molecule has 1 unspecified atom stereocenters. The molecule has 0 aromatic heterocycles. The van der Waals surface area contributed by atoms with E-state index in [2.05, 4.69) is 5.32 Å². The van der Waals surface area contributed by atoms with Crippen molar-refractivity contribution in [3.8, 4) is 0 Å². The Bertz CT molecular complexity index is 666. The minimum atomic E-state index is -0.870. The summed E-state index contributed by atoms with van der Waals surface area (Å²) < 4.78 is 0.